The number of benzene rings is 1. The Hall–Kier alpha value is -2.21. The number of nitro benzene ring substituents is 1. The standard InChI is InChI=1S/C15H20N4O2/c1-3-7-18-11-13(9-17-18)8-16-10-14-5-4-6-15(12(14)2)19(20)21/h4-6,9,11,16H,3,7-8,10H2,1-2H3. The normalized spacial score (nSPS) is 10.8. The van der Waals surface area contributed by atoms with Gasteiger partial charge in [-0.2, -0.15) is 5.10 Å². The van der Waals surface area contributed by atoms with Crippen molar-refractivity contribution in [1.29, 1.82) is 0 Å². The van der Waals surface area contributed by atoms with Crippen molar-refractivity contribution in [3.8, 4) is 0 Å². The summed E-state index contributed by atoms with van der Waals surface area (Å²) >= 11 is 0. The van der Waals surface area contributed by atoms with Crippen LogP contribution in [0.2, 0.25) is 0 Å². The fourth-order valence-electron chi connectivity index (χ4n) is 2.25. The zero-order valence-electron chi connectivity index (χ0n) is 12.4. The van der Waals surface area contributed by atoms with Gasteiger partial charge in [-0.05, 0) is 18.9 Å². The Morgan fingerprint density at radius 3 is 2.90 bits per heavy atom. The van der Waals surface area contributed by atoms with Gasteiger partial charge < -0.3 is 5.32 Å². The minimum absolute atomic E-state index is 0.171. The summed E-state index contributed by atoms with van der Waals surface area (Å²) in [4.78, 5) is 10.6. The fraction of sp³-hybridized carbons (Fsp3) is 0.400. The van der Waals surface area contributed by atoms with E-state index < -0.39 is 0 Å². The molecule has 6 heteroatoms. The minimum atomic E-state index is -0.340. The van der Waals surface area contributed by atoms with Gasteiger partial charge in [-0.3, -0.25) is 14.8 Å². The third kappa shape index (κ3) is 3.88. The van der Waals surface area contributed by atoms with Gasteiger partial charge in [0.1, 0.15) is 0 Å². The number of hydrogen-bond acceptors (Lipinski definition) is 4. The quantitative estimate of drug-likeness (QED) is 0.628. The largest absolute Gasteiger partial charge is 0.308 e. The SMILES string of the molecule is CCCn1cc(CNCc2cccc([N+](=O)[O-])c2C)cn1. The summed E-state index contributed by atoms with van der Waals surface area (Å²) in [6.45, 7) is 6.13. The number of nitro groups is 1. The van der Waals surface area contributed by atoms with Crippen molar-refractivity contribution in [1.82, 2.24) is 15.1 Å². The Morgan fingerprint density at radius 2 is 2.19 bits per heavy atom. The average molecular weight is 288 g/mol. The molecule has 0 aliphatic heterocycles. The predicted octanol–water partition coefficient (Wildman–Crippen LogP) is 2.80. The van der Waals surface area contributed by atoms with Gasteiger partial charge in [-0.25, -0.2) is 0 Å². The second-order valence-corrected chi connectivity index (χ2v) is 5.03. The van der Waals surface area contributed by atoms with Gasteiger partial charge in [-0.15, -0.1) is 0 Å². The lowest BCUT2D eigenvalue weighted by atomic mass is 10.1. The molecule has 6 nitrogen and oxygen atoms in total. The van der Waals surface area contributed by atoms with E-state index in [9.17, 15) is 10.1 Å². The lowest BCUT2D eigenvalue weighted by molar-refractivity contribution is -0.385. The van der Waals surface area contributed by atoms with Gasteiger partial charge in [0.15, 0.2) is 0 Å². The molecule has 0 aliphatic carbocycles. The summed E-state index contributed by atoms with van der Waals surface area (Å²) in [5.41, 5.74) is 2.96. The molecule has 0 radical (unpaired) electrons. The van der Waals surface area contributed by atoms with Crippen LogP contribution < -0.4 is 5.32 Å². The molecule has 21 heavy (non-hydrogen) atoms. The van der Waals surface area contributed by atoms with E-state index in [2.05, 4.69) is 17.3 Å². The molecule has 1 heterocycles. The Bertz CT molecular complexity index is 622. The molecule has 112 valence electrons. The van der Waals surface area contributed by atoms with E-state index in [-0.39, 0.29) is 10.6 Å². The fourth-order valence-corrected chi connectivity index (χ4v) is 2.25. The maximum absolute atomic E-state index is 10.9. The van der Waals surface area contributed by atoms with Crippen molar-refractivity contribution in [3.05, 3.63) is 57.4 Å². The summed E-state index contributed by atoms with van der Waals surface area (Å²) in [5.74, 6) is 0. The lowest BCUT2D eigenvalue weighted by Gasteiger charge is -2.07. The maximum atomic E-state index is 10.9. The molecular weight excluding hydrogens is 268 g/mol. The van der Waals surface area contributed by atoms with Crippen LogP contribution in [0.3, 0.4) is 0 Å². The molecule has 1 N–H and O–H groups in total. The lowest BCUT2D eigenvalue weighted by Crippen LogP contribution is -2.13. The summed E-state index contributed by atoms with van der Waals surface area (Å²) in [5, 5.41) is 18.5. The molecule has 0 atom stereocenters. The van der Waals surface area contributed by atoms with Gasteiger partial charge in [0.25, 0.3) is 5.69 Å². The molecule has 2 aromatic rings. The van der Waals surface area contributed by atoms with E-state index >= 15 is 0 Å². The molecule has 0 bridgehead atoms. The highest BCUT2D eigenvalue weighted by atomic mass is 16.6. The summed E-state index contributed by atoms with van der Waals surface area (Å²) in [6.07, 6.45) is 4.93. The average Bonchev–Trinajstić information content (AvgIpc) is 2.88. The van der Waals surface area contributed by atoms with Crippen molar-refractivity contribution in [2.24, 2.45) is 0 Å². The first-order chi connectivity index (χ1) is 10.1. The highest BCUT2D eigenvalue weighted by molar-refractivity contribution is 5.44. The second-order valence-electron chi connectivity index (χ2n) is 5.03. The Balaban J connectivity index is 1.94. The van der Waals surface area contributed by atoms with Crippen molar-refractivity contribution in [2.45, 2.75) is 39.9 Å². The van der Waals surface area contributed by atoms with E-state index in [1.54, 1.807) is 13.0 Å². The third-order valence-corrected chi connectivity index (χ3v) is 3.40. The minimum Gasteiger partial charge on any atom is -0.308 e. The zero-order valence-corrected chi connectivity index (χ0v) is 12.4. The summed E-state index contributed by atoms with van der Waals surface area (Å²) in [7, 11) is 0. The molecule has 0 amide bonds. The topological polar surface area (TPSA) is 73.0 Å². The Kier molecular flexibility index (Phi) is 5.05. The van der Waals surface area contributed by atoms with Crippen molar-refractivity contribution in [2.75, 3.05) is 0 Å². The van der Waals surface area contributed by atoms with E-state index in [1.165, 1.54) is 6.07 Å². The van der Waals surface area contributed by atoms with E-state index in [0.717, 1.165) is 29.7 Å². The van der Waals surface area contributed by atoms with Crippen LogP contribution in [0.4, 0.5) is 5.69 Å². The number of hydrogen-bond donors (Lipinski definition) is 1. The molecule has 1 aromatic carbocycles. The number of aromatic nitrogens is 2. The van der Waals surface area contributed by atoms with Crippen molar-refractivity contribution in [3.63, 3.8) is 0 Å². The van der Waals surface area contributed by atoms with Gasteiger partial charge in [0.2, 0.25) is 0 Å². The van der Waals surface area contributed by atoms with Gasteiger partial charge >= 0.3 is 0 Å². The highest BCUT2D eigenvalue weighted by Gasteiger charge is 2.12. The van der Waals surface area contributed by atoms with E-state index in [1.807, 2.05) is 23.1 Å². The van der Waals surface area contributed by atoms with Crippen LogP contribution >= 0.6 is 0 Å². The van der Waals surface area contributed by atoms with Gasteiger partial charge in [0.05, 0.1) is 11.1 Å². The van der Waals surface area contributed by atoms with Crippen LogP contribution in [0.25, 0.3) is 0 Å². The van der Waals surface area contributed by atoms with E-state index in [4.69, 9.17) is 0 Å². The van der Waals surface area contributed by atoms with Crippen LogP contribution in [0, 0.1) is 17.0 Å². The third-order valence-electron chi connectivity index (χ3n) is 3.40. The first kappa shape index (κ1) is 15.2. The molecule has 0 aliphatic rings. The van der Waals surface area contributed by atoms with Crippen LogP contribution in [-0.2, 0) is 19.6 Å². The first-order valence-corrected chi connectivity index (χ1v) is 7.06. The molecule has 0 unspecified atom stereocenters. The molecule has 0 fully saturated rings. The summed E-state index contributed by atoms with van der Waals surface area (Å²) < 4.78 is 1.93. The smallest absolute Gasteiger partial charge is 0.272 e. The number of nitrogens with zero attached hydrogens (tertiary/aromatic N) is 3. The summed E-state index contributed by atoms with van der Waals surface area (Å²) in [6, 6.07) is 5.17. The molecular formula is C15H20N4O2. The molecule has 2 rings (SSSR count). The molecule has 1 aromatic heterocycles. The molecule has 0 spiro atoms. The van der Waals surface area contributed by atoms with Crippen LogP contribution in [0.1, 0.15) is 30.0 Å². The molecule has 0 saturated heterocycles. The zero-order chi connectivity index (χ0) is 15.2. The van der Waals surface area contributed by atoms with Crippen molar-refractivity contribution < 1.29 is 4.92 Å². The number of rotatable bonds is 7. The number of aryl methyl sites for hydroxylation is 1. The maximum Gasteiger partial charge on any atom is 0.272 e. The van der Waals surface area contributed by atoms with Crippen LogP contribution in [0.15, 0.2) is 30.6 Å². The highest BCUT2D eigenvalue weighted by Crippen LogP contribution is 2.20. The van der Waals surface area contributed by atoms with Crippen LogP contribution in [-0.4, -0.2) is 14.7 Å². The monoisotopic (exact) mass is 288 g/mol. The van der Waals surface area contributed by atoms with Crippen LogP contribution in [0.5, 0.6) is 0 Å². The Morgan fingerprint density at radius 1 is 1.38 bits per heavy atom. The second kappa shape index (κ2) is 6.99. The van der Waals surface area contributed by atoms with Gasteiger partial charge in [0, 0.05) is 43.0 Å². The molecule has 0 saturated carbocycles. The Labute approximate surface area is 123 Å². The first-order valence-electron chi connectivity index (χ1n) is 7.06. The van der Waals surface area contributed by atoms with Gasteiger partial charge in [-0.1, -0.05) is 19.1 Å². The van der Waals surface area contributed by atoms with Crippen molar-refractivity contribution >= 4 is 5.69 Å². The van der Waals surface area contributed by atoms with E-state index in [0.29, 0.717) is 13.1 Å². The number of nitrogens with one attached hydrogen (secondary N) is 1. The predicted molar refractivity (Wildman–Crippen MR) is 80.9 cm³/mol.